The maximum Gasteiger partial charge on any atom is 0.189 e. The Labute approximate surface area is 83.9 Å². The lowest BCUT2D eigenvalue weighted by Gasteiger charge is -1.99. The highest BCUT2D eigenvalue weighted by Gasteiger charge is 2.07. The number of nitrogens with one attached hydrogen (secondary N) is 1. The van der Waals surface area contributed by atoms with Gasteiger partial charge in [-0.3, -0.25) is 5.10 Å². The van der Waals surface area contributed by atoms with Gasteiger partial charge in [0.15, 0.2) is 5.16 Å². The van der Waals surface area contributed by atoms with Gasteiger partial charge in [0.05, 0.1) is 6.20 Å². The summed E-state index contributed by atoms with van der Waals surface area (Å²) in [5.74, 6) is 0. The van der Waals surface area contributed by atoms with Gasteiger partial charge >= 0.3 is 0 Å². The number of nitrogens with zero attached hydrogens (tertiary/aromatic N) is 3. The van der Waals surface area contributed by atoms with E-state index < -0.39 is 0 Å². The van der Waals surface area contributed by atoms with Gasteiger partial charge in [-0.1, -0.05) is 11.8 Å². The normalized spacial score (nSPS) is 10.9. The standard InChI is InChI=1S/C7H8N4S2/c1-12-6-5-4(3-8-11-5)9-7(10-6)13-2/h3H,1-2H3,(H,8,11). The summed E-state index contributed by atoms with van der Waals surface area (Å²) in [7, 11) is 0. The molecule has 2 aromatic heterocycles. The molecular formula is C7H8N4S2. The molecule has 0 bridgehead atoms. The molecule has 0 aliphatic rings. The maximum atomic E-state index is 4.35. The molecule has 0 fully saturated rings. The Morgan fingerprint density at radius 2 is 2.08 bits per heavy atom. The lowest BCUT2D eigenvalue weighted by atomic mass is 10.5. The molecule has 0 unspecified atom stereocenters. The average Bonchev–Trinajstić information content (AvgIpc) is 2.63. The molecule has 2 aromatic rings. The van der Waals surface area contributed by atoms with Crippen LogP contribution in [-0.2, 0) is 0 Å². The van der Waals surface area contributed by atoms with Gasteiger partial charge in [0.25, 0.3) is 0 Å². The number of aromatic nitrogens is 4. The summed E-state index contributed by atoms with van der Waals surface area (Å²) >= 11 is 3.14. The van der Waals surface area contributed by atoms with Crippen molar-refractivity contribution in [2.24, 2.45) is 0 Å². The number of H-pyrrole nitrogens is 1. The van der Waals surface area contributed by atoms with Crippen LogP contribution in [0.3, 0.4) is 0 Å². The van der Waals surface area contributed by atoms with Crippen LogP contribution in [-0.4, -0.2) is 32.7 Å². The quantitative estimate of drug-likeness (QED) is 0.467. The molecule has 0 spiro atoms. The summed E-state index contributed by atoms with van der Waals surface area (Å²) in [4.78, 5) is 8.66. The Hall–Kier alpha value is -0.750. The maximum absolute atomic E-state index is 4.35. The van der Waals surface area contributed by atoms with Crippen molar-refractivity contribution < 1.29 is 0 Å². The summed E-state index contributed by atoms with van der Waals surface area (Å²) in [6.07, 6.45) is 5.68. The Bertz CT molecular complexity index is 425. The van der Waals surface area contributed by atoms with Gasteiger partial charge < -0.3 is 0 Å². The SMILES string of the molecule is CSc1nc(SC)c2[nH]ncc2n1. The lowest BCUT2D eigenvalue weighted by Crippen LogP contribution is -1.89. The molecule has 1 N–H and O–H groups in total. The van der Waals surface area contributed by atoms with Crippen molar-refractivity contribution in [3.63, 3.8) is 0 Å². The van der Waals surface area contributed by atoms with E-state index in [1.807, 2.05) is 12.5 Å². The van der Waals surface area contributed by atoms with Crippen molar-refractivity contribution in [2.45, 2.75) is 10.2 Å². The first kappa shape index (κ1) is 8.83. The van der Waals surface area contributed by atoms with Crippen molar-refractivity contribution in [1.29, 1.82) is 0 Å². The molecule has 2 rings (SSSR count). The van der Waals surface area contributed by atoms with Crippen molar-refractivity contribution in [3.8, 4) is 0 Å². The zero-order valence-electron chi connectivity index (χ0n) is 7.24. The van der Waals surface area contributed by atoms with E-state index in [1.54, 1.807) is 18.0 Å². The molecule has 13 heavy (non-hydrogen) atoms. The monoisotopic (exact) mass is 212 g/mol. The zero-order valence-corrected chi connectivity index (χ0v) is 8.87. The Balaban J connectivity index is 2.70. The van der Waals surface area contributed by atoms with Gasteiger partial charge in [-0.25, -0.2) is 9.97 Å². The number of hydrogen-bond acceptors (Lipinski definition) is 5. The minimum Gasteiger partial charge on any atom is -0.273 e. The van der Waals surface area contributed by atoms with Crippen LogP contribution in [0.2, 0.25) is 0 Å². The number of thioether (sulfide) groups is 2. The molecule has 0 aliphatic carbocycles. The van der Waals surface area contributed by atoms with E-state index >= 15 is 0 Å². The molecule has 4 nitrogen and oxygen atoms in total. The molecular weight excluding hydrogens is 204 g/mol. The van der Waals surface area contributed by atoms with Crippen LogP contribution in [0.1, 0.15) is 0 Å². The summed E-state index contributed by atoms with van der Waals surface area (Å²) in [5, 5.41) is 8.56. The fourth-order valence-corrected chi connectivity index (χ4v) is 1.99. The first-order chi connectivity index (χ1) is 6.35. The smallest absolute Gasteiger partial charge is 0.189 e. The second-order valence-corrected chi connectivity index (χ2v) is 3.92. The topological polar surface area (TPSA) is 54.5 Å². The highest BCUT2D eigenvalue weighted by atomic mass is 32.2. The molecule has 0 amide bonds. The van der Waals surface area contributed by atoms with Crippen LogP contribution in [0.25, 0.3) is 11.0 Å². The van der Waals surface area contributed by atoms with Gasteiger partial charge in [0, 0.05) is 0 Å². The van der Waals surface area contributed by atoms with Crippen LogP contribution in [0.4, 0.5) is 0 Å². The van der Waals surface area contributed by atoms with Gasteiger partial charge in [0.2, 0.25) is 0 Å². The summed E-state index contributed by atoms with van der Waals surface area (Å²) in [6.45, 7) is 0. The van der Waals surface area contributed by atoms with Gasteiger partial charge in [0.1, 0.15) is 16.1 Å². The Kier molecular flexibility index (Phi) is 2.41. The third-order valence-electron chi connectivity index (χ3n) is 1.62. The molecule has 6 heteroatoms. The van der Waals surface area contributed by atoms with E-state index in [4.69, 9.17) is 0 Å². The van der Waals surface area contributed by atoms with Crippen LogP contribution < -0.4 is 0 Å². The van der Waals surface area contributed by atoms with E-state index in [2.05, 4.69) is 20.2 Å². The summed E-state index contributed by atoms with van der Waals surface area (Å²) in [6, 6.07) is 0. The van der Waals surface area contributed by atoms with Crippen molar-refractivity contribution >= 4 is 34.6 Å². The third-order valence-corrected chi connectivity index (χ3v) is 2.85. The second kappa shape index (κ2) is 3.55. The minimum atomic E-state index is 0.790. The van der Waals surface area contributed by atoms with Crippen LogP contribution in [0.15, 0.2) is 16.4 Å². The van der Waals surface area contributed by atoms with Crippen molar-refractivity contribution in [3.05, 3.63) is 6.20 Å². The zero-order chi connectivity index (χ0) is 9.26. The molecule has 0 radical (unpaired) electrons. The minimum absolute atomic E-state index is 0.790. The number of aromatic amines is 1. The van der Waals surface area contributed by atoms with Crippen molar-refractivity contribution in [1.82, 2.24) is 20.2 Å². The van der Waals surface area contributed by atoms with E-state index in [0.29, 0.717) is 0 Å². The fraction of sp³-hybridized carbons (Fsp3) is 0.286. The highest BCUT2D eigenvalue weighted by molar-refractivity contribution is 7.99. The summed E-state index contributed by atoms with van der Waals surface area (Å²) < 4.78 is 0. The second-order valence-electron chi connectivity index (χ2n) is 2.35. The fourth-order valence-electron chi connectivity index (χ4n) is 1.03. The Morgan fingerprint density at radius 1 is 1.23 bits per heavy atom. The summed E-state index contributed by atoms with van der Waals surface area (Å²) in [5.41, 5.74) is 1.80. The van der Waals surface area contributed by atoms with Gasteiger partial charge in [-0.05, 0) is 12.5 Å². The first-order valence-electron chi connectivity index (χ1n) is 3.64. The molecule has 0 aromatic carbocycles. The molecule has 0 saturated heterocycles. The van der Waals surface area contributed by atoms with E-state index in [0.717, 1.165) is 21.2 Å². The van der Waals surface area contributed by atoms with Crippen molar-refractivity contribution in [2.75, 3.05) is 12.5 Å². The molecule has 0 saturated carbocycles. The molecule has 0 aliphatic heterocycles. The molecule has 0 atom stereocenters. The van der Waals surface area contributed by atoms with Crippen LogP contribution >= 0.6 is 23.5 Å². The third kappa shape index (κ3) is 1.51. The van der Waals surface area contributed by atoms with Gasteiger partial charge in [-0.2, -0.15) is 5.10 Å². The highest BCUT2D eigenvalue weighted by Crippen LogP contribution is 2.23. The Morgan fingerprint density at radius 3 is 2.77 bits per heavy atom. The van der Waals surface area contributed by atoms with Crippen LogP contribution in [0, 0.1) is 0 Å². The largest absolute Gasteiger partial charge is 0.273 e. The van der Waals surface area contributed by atoms with E-state index in [1.165, 1.54) is 11.8 Å². The molecule has 2 heterocycles. The first-order valence-corrected chi connectivity index (χ1v) is 6.09. The van der Waals surface area contributed by atoms with Gasteiger partial charge in [-0.15, -0.1) is 11.8 Å². The molecule has 68 valence electrons. The predicted octanol–water partition coefficient (Wildman–Crippen LogP) is 1.80. The number of rotatable bonds is 2. The van der Waals surface area contributed by atoms with Crippen LogP contribution in [0.5, 0.6) is 0 Å². The average molecular weight is 212 g/mol. The number of fused-ring (bicyclic) bond motifs is 1. The predicted molar refractivity (Wildman–Crippen MR) is 55.2 cm³/mol. The van der Waals surface area contributed by atoms with E-state index in [-0.39, 0.29) is 0 Å². The lowest BCUT2D eigenvalue weighted by molar-refractivity contribution is 0.929. The van der Waals surface area contributed by atoms with E-state index in [9.17, 15) is 0 Å². The number of hydrogen-bond donors (Lipinski definition) is 1.